The Labute approximate surface area is 86.0 Å². The lowest BCUT2D eigenvalue weighted by molar-refractivity contribution is -0.137. The van der Waals surface area contributed by atoms with Crippen molar-refractivity contribution in [1.82, 2.24) is 0 Å². The van der Waals surface area contributed by atoms with Crippen LogP contribution in [-0.2, 0) is 4.79 Å². The molecular weight excluding hydrogens is 178 g/mol. The first kappa shape index (κ1) is 13.0. The predicted octanol–water partition coefficient (Wildman–Crippen LogP) is 2.66. The van der Waals surface area contributed by atoms with E-state index in [9.17, 15) is 4.79 Å². The molecule has 0 spiro atoms. The lowest BCUT2D eigenvalue weighted by Gasteiger charge is -1.98. The summed E-state index contributed by atoms with van der Waals surface area (Å²) in [7, 11) is 0. The molecule has 3 heteroatoms. The van der Waals surface area contributed by atoms with Crippen molar-refractivity contribution in [3.05, 3.63) is 12.3 Å². The highest BCUT2D eigenvalue weighted by Gasteiger charge is 1.95. The normalized spacial score (nSPS) is 10.9. The van der Waals surface area contributed by atoms with E-state index in [1.54, 1.807) is 6.20 Å². The van der Waals surface area contributed by atoms with E-state index in [4.69, 9.17) is 10.8 Å². The minimum Gasteiger partial charge on any atom is -0.481 e. The summed E-state index contributed by atoms with van der Waals surface area (Å²) in [4.78, 5) is 10.2. The molecule has 0 aliphatic carbocycles. The monoisotopic (exact) mass is 199 g/mol. The highest BCUT2D eigenvalue weighted by Crippen LogP contribution is 2.08. The molecule has 0 aliphatic rings. The fraction of sp³-hybridized carbons (Fsp3) is 0.727. The van der Waals surface area contributed by atoms with Crippen molar-refractivity contribution < 1.29 is 9.90 Å². The van der Waals surface area contributed by atoms with E-state index in [1.807, 2.05) is 6.08 Å². The summed E-state index contributed by atoms with van der Waals surface area (Å²) in [6.07, 6.45) is 11.6. The second kappa shape index (κ2) is 10.1. The third kappa shape index (κ3) is 11.0. The van der Waals surface area contributed by atoms with Crippen LogP contribution in [0.3, 0.4) is 0 Å². The van der Waals surface area contributed by atoms with Crippen LogP contribution in [0.4, 0.5) is 0 Å². The molecule has 0 aromatic carbocycles. The van der Waals surface area contributed by atoms with E-state index in [2.05, 4.69) is 0 Å². The lowest BCUT2D eigenvalue weighted by Crippen LogP contribution is -1.93. The number of nitrogens with two attached hydrogens (primary N) is 1. The van der Waals surface area contributed by atoms with Crippen LogP contribution in [0.5, 0.6) is 0 Å². The van der Waals surface area contributed by atoms with Crippen molar-refractivity contribution in [3.63, 3.8) is 0 Å². The molecule has 82 valence electrons. The first-order chi connectivity index (χ1) is 6.77. The third-order valence-electron chi connectivity index (χ3n) is 2.15. The van der Waals surface area contributed by atoms with Crippen LogP contribution in [0.25, 0.3) is 0 Å². The van der Waals surface area contributed by atoms with Crippen molar-refractivity contribution in [2.24, 2.45) is 5.73 Å². The Bertz CT molecular complexity index is 167. The fourth-order valence-electron chi connectivity index (χ4n) is 1.34. The minimum atomic E-state index is -0.682. The molecule has 0 radical (unpaired) electrons. The molecule has 0 atom stereocenters. The first-order valence-electron chi connectivity index (χ1n) is 5.36. The molecule has 0 aromatic rings. The molecule has 0 bridgehead atoms. The van der Waals surface area contributed by atoms with Crippen LogP contribution in [0.2, 0.25) is 0 Å². The molecule has 0 amide bonds. The smallest absolute Gasteiger partial charge is 0.303 e. The molecule has 0 aromatic heterocycles. The molecule has 0 saturated carbocycles. The van der Waals surface area contributed by atoms with Crippen molar-refractivity contribution in [2.75, 3.05) is 0 Å². The largest absolute Gasteiger partial charge is 0.481 e. The van der Waals surface area contributed by atoms with Gasteiger partial charge in [0, 0.05) is 6.42 Å². The van der Waals surface area contributed by atoms with Crippen molar-refractivity contribution in [2.45, 2.75) is 51.4 Å². The summed E-state index contributed by atoms with van der Waals surface area (Å²) in [6.45, 7) is 0. The van der Waals surface area contributed by atoms with Gasteiger partial charge in [-0.3, -0.25) is 4.79 Å². The molecule has 0 saturated heterocycles. The SMILES string of the molecule is N/C=C/CCCCCCCCC(=O)O. The zero-order valence-corrected chi connectivity index (χ0v) is 8.74. The third-order valence-corrected chi connectivity index (χ3v) is 2.15. The Kier molecular flexibility index (Phi) is 9.38. The molecule has 0 fully saturated rings. The first-order valence-corrected chi connectivity index (χ1v) is 5.36. The van der Waals surface area contributed by atoms with Gasteiger partial charge in [0.2, 0.25) is 0 Å². The van der Waals surface area contributed by atoms with Crippen LogP contribution in [0.1, 0.15) is 51.4 Å². The van der Waals surface area contributed by atoms with Gasteiger partial charge in [-0.05, 0) is 25.5 Å². The molecule has 14 heavy (non-hydrogen) atoms. The van der Waals surface area contributed by atoms with Gasteiger partial charge in [0.05, 0.1) is 0 Å². The summed E-state index contributed by atoms with van der Waals surface area (Å²) < 4.78 is 0. The Morgan fingerprint density at radius 2 is 1.64 bits per heavy atom. The van der Waals surface area contributed by atoms with Crippen molar-refractivity contribution in [3.8, 4) is 0 Å². The summed E-state index contributed by atoms with van der Waals surface area (Å²) in [6, 6.07) is 0. The summed E-state index contributed by atoms with van der Waals surface area (Å²) >= 11 is 0. The predicted molar refractivity (Wildman–Crippen MR) is 57.9 cm³/mol. The number of carboxylic acid groups (broad SMARTS) is 1. The molecule has 0 unspecified atom stereocenters. The average molecular weight is 199 g/mol. The molecule has 0 rings (SSSR count). The second-order valence-electron chi connectivity index (χ2n) is 3.48. The standard InChI is InChI=1S/C11H21NO2/c12-10-8-6-4-2-1-3-5-7-9-11(13)14/h8,10H,1-7,9,12H2,(H,13,14)/b10-8+. The second-order valence-corrected chi connectivity index (χ2v) is 3.48. The quantitative estimate of drug-likeness (QED) is 0.561. The number of carbonyl (C=O) groups is 1. The molecule has 3 N–H and O–H groups in total. The van der Waals surface area contributed by atoms with Crippen LogP contribution < -0.4 is 5.73 Å². The Balaban J connectivity index is 2.95. The number of rotatable bonds is 9. The van der Waals surface area contributed by atoms with Crippen molar-refractivity contribution in [1.29, 1.82) is 0 Å². The number of allylic oxidation sites excluding steroid dienone is 1. The van der Waals surface area contributed by atoms with Gasteiger partial charge in [0.1, 0.15) is 0 Å². The molecular formula is C11H21NO2. The number of hydrogen-bond donors (Lipinski definition) is 2. The Morgan fingerprint density at radius 3 is 2.21 bits per heavy atom. The van der Waals surface area contributed by atoms with Gasteiger partial charge in [-0.15, -0.1) is 0 Å². The Hall–Kier alpha value is -0.990. The van der Waals surface area contributed by atoms with E-state index < -0.39 is 5.97 Å². The summed E-state index contributed by atoms with van der Waals surface area (Å²) in [5.74, 6) is -0.682. The average Bonchev–Trinajstić information content (AvgIpc) is 2.15. The van der Waals surface area contributed by atoms with Gasteiger partial charge in [0.15, 0.2) is 0 Å². The van der Waals surface area contributed by atoms with Gasteiger partial charge in [-0.25, -0.2) is 0 Å². The van der Waals surface area contributed by atoms with E-state index in [1.165, 1.54) is 19.3 Å². The fourth-order valence-corrected chi connectivity index (χ4v) is 1.34. The van der Waals surface area contributed by atoms with Crippen LogP contribution in [0.15, 0.2) is 12.3 Å². The highest BCUT2D eigenvalue weighted by molar-refractivity contribution is 5.66. The highest BCUT2D eigenvalue weighted by atomic mass is 16.4. The maximum Gasteiger partial charge on any atom is 0.303 e. The number of carboxylic acids is 1. The summed E-state index contributed by atoms with van der Waals surface area (Å²) in [5, 5.41) is 8.39. The number of aliphatic carboxylic acids is 1. The Morgan fingerprint density at radius 1 is 1.07 bits per heavy atom. The van der Waals surface area contributed by atoms with E-state index in [0.717, 1.165) is 25.7 Å². The maximum absolute atomic E-state index is 10.2. The zero-order valence-electron chi connectivity index (χ0n) is 8.74. The number of hydrogen-bond acceptors (Lipinski definition) is 2. The van der Waals surface area contributed by atoms with E-state index in [0.29, 0.717) is 6.42 Å². The van der Waals surface area contributed by atoms with Gasteiger partial charge < -0.3 is 10.8 Å². The van der Waals surface area contributed by atoms with E-state index in [-0.39, 0.29) is 0 Å². The van der Waals surface area contributed by atoms with E-state index >= 15 is 0 Å². The van der Waals surface area contributed by atoms with Gasteiger partial charge in [0.25, 0.3) is 0 Å². The minimum absolute atomic E-state index is 0.315. The van der Waals surface area contributed by atoms with Gasteiger partial charge in [-0.1, -0.05) is 31.8 Å². The topological polar surface area (TPSA) is 63.3 Å². The maximum atomic E-state index is 10.2. The van der Waals surface area contributed by atoms with Crippen LogP contribution in [0, 0.1) is 0 Å². The van der Waals surface area contributed by atoms with Crippen LogP contribution >= 0.6 is 0 Å². The number of unbranched alkanes of at least 4 members (excludes halogenated alkanes) is 6. The van der Waals surface area contributed by atoms with Crippen LogP contribution in [-0.4, -0.2) is 11.1 Å². The lowest BCUT2D eigenvalue weighted by atomic mass is 10.1. The molecule has 3 nitrogen and oxygen atoms in total. The summed E-state index contributed by atoms with van der Waals surface area (Å²) in [5.41, 5.74) is 5.20. The zero-order chi connectivity index (χ0) is 10.6. The van der Waals surface area contributed by atoms with Gasteiger partial charge in [-0.2, -0.15) is 0 Å². The van der Waals surface area contributed by atoms with Crippen molar-refractivity contribution >= 4 is 5.97 Å². The van der Waals surface area contributed by atoms with Gasteiger partial charge >= 0.3 is 5.97 Å². The molecule has 0 aliphatic heterocycles. The molecule has 0 heterocycles.